The van der Waals surface area contributed by atoms with Gasteiger partial charge in [0.15, 0.2) is 25.0 Å². The van der Waals surface area contributed by atoms with Crippen molar-refractivity contribution < 1.29 is 17.1 Å². The minimum Gasteiger partial charge on any atom is -0.415 e. The van der Waals surface area contributed by atoms with E-state index in [0.717, 1.165) is 6.42 Å². The van der Waals surface area contributed by atoms with Gasteiger partial charge in [-0.25, -0.2) is 0 Å². The highest BCUT2D eigenvalue weighted by Crippen LogP contribution is 2.30. The molecule has 1 unspecified atom stereocenters. The Hall–Kier alpha value is 0.708. The molecule has 0 aromatic heterocycles. The predicted octanol–water partition coefficient (Wildman–Crippen LogP) is 4.44. The van der Waals surface area contributed by atoms with Crippen LogP contribution in [0.15, 0.2) is 0 Å². The van der Waals surface area contributed by atoms with Crippen molar-refractivity contribution in [2.75, 3.05) is 7.11 Å². The molecule has 0 aliphatic carbocycles. The molecule has 0 aromatic carbocycles. The van der Waals surface area contributed by atoms with Crippen molar-refractivity contribution in [2.24, 2.45) is 0 Å². The second kappa shape index (κ2) is 7.52. The summed E-state index contributed by atoms with van der Waals surface area (Å²) in [7, 11) is -6.56. The van der Waals surface area contributed by atoms with E-state index in [1.54, 1.807) is 7.11 Å². The highest BCUT2D eigenvalue weighted by atomic mass is 28.5. The quantitative estimate of drug-likeness (QED) is 0.564. The summed E-state index contributed by atoms with van der Waals surface area (Å²) in [6.07, 6.45) is 0.849. The van der Waals surface area contributed by atoms with Crippen LogP contribution in [0.3, 0.4) is 0 Å². The molecule has 0 fully saturated rings. The minimum atomic E-state index is -2.87. The largest absolute Gasteiger partial charge is 0.500 e. The van der Waals surface area contributed by atoms with Crippen molar-refractivity contribution in [1.82, 2.24) is 0 Å². The third kappa shape index (κ3) is 8.79. The van der Waals surface area contributed by atoms with Crippen LogP contribution in [0.2, 0.25) is 58.9 Å². The topological polar surface area (TPSA) is 36.9 Å². The number of rotatable bonds is 9. The van der Waals surface area contributed by atoms with Gasteiger partial charge in [0.1, 0.15) is 5.73 Å². The lowest BCUT2D eigenvalue weighted by molar-refractivity contribution is 0.0855. The molecule has 0 N–H and O–H groups in total. The molecule has 0 radical (unpaired) electrons. The first-order valence-electron chi connectivity index (χ1n) is 7.77. The lowest BCUT2D eigenvalue weighted by atomic mass is 10.5. The lowest BCUT2D eigenvalue weighted by Crippen LogP contribution is -2.67. The van der Waals surface area contributed by atoms with Crippen LogP contribution in [0.1, 0.15) is 13.3 Å². The lowest BCUT2D eigenvalue weighted by Gasteiger charge is -2.45. The van der Waals surface area contributed by atoms with Gasteiger partial charge >= 0.3 is 8.80 Å². The predicted molar refractivity (Wildman–Crippen MR) is 100 cm³/mol. The Bertz CT molecular complexity index is 273. The van der Waals surface area contributed by atoms with E-state index in [0.29, 0.717) is 0 Å². The van der Waals surface area contributed by atoms with Crippen molar-refractivity contribution in [3.63, 3.8) is 0 Å². The van der Waals surface area contributed by atoms with Crippen molar-refractivity contribution in [3.05, 3.63) is 0 Å². The van der Waals surface area contributed by atoms with Crippen LogP contribution in [0.4, 0.5) is 0 Å². The Balaban J connectivity index is 5.80. The molecule has 0 saturated carbocycles. The van der Waals surface area contributed by atoms with Gasteiger partial charge in [-0.1, -0.05) is 6.92 Å². The SMILES string of the molecule is CCC(OC)[Si](O[Si](C)(C)C)(O[Si](C)(C)C)O[Si](C)(C)C. The fourth-order valence-corrected chi connectivity index (χ4v) is 16.3. The summed E-state index contributed by atoms with van der Waals surface area (Å²) in [4.78, 5) is 0. The van der Waals surface area contributed by atoms with E-state index < -0.39 is 33.8 Å². The first-order chi connectivity index (χ1) is 9.14. The summed E-state index contributed by atoms with van der Waals surface area (Å²) in [5.41, 5.74) is -0.0809. The van der Waals surface area contributed by atoms with E-state index in [-0.39, 0.29) is 5.73 Å². The summed E-state index contributed by atoms with van der Waals surface area (Å²) in [6.45, 7) is 21.9. The van der Waals surface area contributed by atoms with Crippen LogP contribution in [-0.2, 0) is 17.1 Å². The van der Waals surface area contributed by atoms with Gasteiger partial charge in [-0.2, -0.15) is 0 Å². The van der Waals surface area contributed by atoms with Gasteiger partial charge in [0.05, 0.1) is 0 Å². The molecule has 21 heavy (non-hydrogen) atoms. The molecule has 1 atom stereocenters. The third-order valence-electron chi connectivity index (χ3n) is 2.39. The van der Waals surface area contributed by atoms with Gasteiger partial charge in [-0.05, 0) is 65.3 Å². The summed E-state index contributed by atoms with van der Waals surface area (Å²) in [5, 5.41) is 0. The molecule has 0 aliphatic heterocycles. The third-order valence-corrected chi connectivity index (χ3v) is 14.6. The van der Waals surface area contributed by atoms with Crippen LogP contribution in [0.5, 0.6) is 0 Å². The zero-order chi connectivity index (χ0) is 17.1. The fraction of sp³-hybridized carbons (Fsp3) is 1.00. The maximum atomic E-state index is 6.60. The Labute approximate surface area is 136 Å². The van der Waals surface area contributed by atoms with Gasteiger partial charge in [-0.15, -0.1) is 0 Å². The summed E-state index contributed by atoms with van der Waals surface area (Å²) in [5.74, 6) is 0. The molecule has 128 valence electrons. The zero-order valence-electron chi connectivity index (χ0n) is 15.9. The molecule has 8 heteroatoms. The molecule has 0 heterocycles. The Morgan fingerprint density at radius 1 is 0.667 bits per heavy atom. The first kappa shape index (κ1) is 21.7. The summed E-state index contributed by atoms with van der Waals surface area (Å²) >= 11 is 0. The van der Waals surface area contributed by atoms with Gasteiger partial charge in [0.2, 0.25) is 0 Å². The molecule has 0 spiro atoms. The summed E-state index contributed by atoms with van der Waals surface area (Å²) < 4.78 is 25.6. The van der Waals surface area contributed by atoms with E-state index in [1.165, 1.54) is 0 Å². The van der Waals surface area contributed by atoms with Crippen molar-refractivity contribution >= 4 is 33.8 Å². The van der Waals surface area contributed by atoms with Crippen LogP contribution in [-0.4, -0.2) is 46.6 Å². The molecule has 0 saturated heterocycles. The summed E-state index contributed by atoms with van der Waals surface area (Å²) in [6, 6.07) is 0. The van der Waals surface area contributed by atoms with Gasteiger partial charge in [0.25, 0.3) is 0 Å². The second-order valence-electron chi connectivity index (χ2n) is 8.38. The number of hydrogen-bond donors (Lipinski definition) is 0. The van der Waals surface area contributed by atoms with Crippen molar-refractivity contribution in [1.29, 1.82) is 0 Å². The molecule has 0 aromatic rings. The molecule has 4 nitrogen and oxygen atoms in total. The molecule has 0 rings (SSSR count). The second-order valence-corrected chi connectivity index (χ2v) is 25.4. The molecular weight excluding hydrogens is 332 g/mol. The number of methoxy groups -OCH3 is 1. The van der Waals surface area contributed by atoms with Crippen LogP contribution in [0, 0.1) is 0 Å². The highest BCUT2D eigenvalue weighted by molar-refractivity contribution is 6.90. The highest BCUT2D eigenvalue weighted by Gasteiger charge is 2.55. The van der Waals surface area contributed by atoms with Crippen molar-refractivity contribution in [2.45, 2.75) is 78.0 Å². The molecular formula is C13H36O4Si4. The zero-order valence-corrected chi connectivity index (χ0v) is 19.9. The van der Waals surface area contributed by atoms with E-state index in [9.17, 15) is 0 Å². The average molecular weight is 369 g/mol. The monoisotopic (exact) mass is 368 g/mol. The van der Waals surface area contributed by atoms with Gasteiger partial charge in [-0.3, -0.25) is 0 Å². The molecule has 0 bridgehead atoms. The van der Waals surface area contributed by atoms with E-state index in [1.807, 2.05) is 0 Å². The fourth-order valence-electron chi connectivity index (χ4n) is 2.10. The Morgan fingerprint density at radius 3 is 1.10 bits per heavy atom. The number of ether oxygens (including phenoxy) is 1. The number of hydrogen-bond acceptors (Lipinski definition) is 4. The molecule has 0 amide bonds. The normalized spacial score (nSPS) is 16.1. The standard InChI is InChI=1S/C13H36O4Si4/c1-12-13(14-2)21(15-18(3,4)5,16-19(6,7)8)17-20(9,10)11/h13H,12H2,1-11H3. The van der Waals surface area contributed by atoms with E-state index in [2.05, 4.69) is 65.8 Å². The minimum absolute atomic E-state index is 0.0809. The van der Waals surface area contributed by atoms with E-state index >= 15 is 0 Å². The Kier molecular flexibility index (Phi) is 7.77. The van der Waals surface area contributed by atoms with Gasteiger partial charge < -0.3 is 17.1 Å². The van der Waals surface area contributed by atoms with Crippen LogP contribution >= 0.6 is 0 Å². The Morgan fingerprint density at radius 2 is 0.952 bits per heavy atom. The van der Waals surface area contributed by atoms with Gasteiger partial charge in [0, 0.05) is 7.11 Å². The van der Waals surface area contributed by atoms with E-state index in [4.69, 9.17) is 17.1 Å². The maximum absolute atomic E-state index is 6.60. The maximum Gasteiger partial charge on any atom is 0.500 e. The smallest absolute Gasteiger partial charge is 0.415 e. The van der Waals surface area contributed by atoms with Crippen LogP contribution < -0.4 is 0 Å². The first-order valence-corrected chi connectivity index (χ1v) is 19.8. The average Bonchev–Trinajstić information content (AvgIpc) is 2.09. The van der Waals surface area contributed by atoms with Crippen molar-refractivity contribution in [3.8, 4) is 0 Å². The molecule has 0 aliphatic rings. The van der Waals surface area contributed by atoms with Crippen LogP contribution in [0.25, 0.3) is 0 Å².